The van der Waals surface area contributed by atoms with Gasteiger partial charge in [0.15, 0.2) is 23.7 Å². The second kappa shape index (κ2) is 16.5. The average molecular weight is 681 g/mol. The molecule has 1 aromatic carbocycles. The molecule has 1 fully saturated rings. The summed E-state index contributed by atoms with van der Waals surface area (Å²) in [5.74, 6) is 0.0750. The van der Waals surface area contributed by atoms with Crippen LogP contribution in [0, 0.1) is 22.7 Å². The summed E-state index contributed by atoms with van der Waals surface area (Å²) >= 11 is 0. The summed E-state index contributed by atoms with van der Waals surface area (Å²) in [4.78, 5) is 29.9. The minimum atomic E-state index is -4.73. The van der Waals surface area contributed by atoms with E-state index < -0.39 is 18.3 Å². The van der Waals surface area contributed by atoms with Crippen LogP contribution in [0.25, 0.3) is 16.9 Å². The summed E-state index contributed by atoms with van der Waals surface area (Å²) in [7, 11) is 0. The predicted molar refractivity (Wildman–Crippen MR) is 168 cm³/mol. The molecule has 0 radical (unpaired) electrons. The number of imidazole rings is 1. The van der Waals surface area contributed by atoms with Crippen molar-refractivity contribution in [3.8, 4) is 23.4 Å². The van der Waals surface area contributed by atoms with Crippen LogP contribution in [0.1, 0.15) is 41.4 Å². The fourth-order valence-corrected chi connectivity index (χ4v) is 5.81. The van der Waals surface area contributed by atoms with Crippen molar-refractivity contribution in [2.45, 2.75) is 38.9 Å². The Morgan fingerprint density at radius 1 is 1.18 bits per heavy atom. The van der Waals surface area contributed by atoms with Crippen LogP contribution in [-0.4, -0.2) is 86.9 Å². The first-order chi connectivity index (χ1) is 23.6. The van der Waals surface area contributed by atoms with Crippen molar-refractivity contribution in [2.75, 3.05) is 51.3 Å². The molecule has 0 atom stereocenters. The zero-order valence-electron chi connectivity index (χ0n) is 26.7. The van der Waals surface area contributed by atoms with E-state index in [0.717, 1.165) is 47.2 Å². The second-order valence-corrected chi connectivity index (χ2v) is 11.2. The SMILES string of the molecule is CCc1cc(Nc2nccn3c(-c4cn(CC#N)nc4C(F)(F)F)cnc23)ccc1C(=O)NCCOCC[N+]1(CC#N)CCCC1.O=C[O-]. The van der Waals surface area contributed by atoms with E-state index in [9.17, 15) is 18.0 Å². The van der Waals surface area contributed by atoms with Crippen molar-refractivity contribution in [3.63, 3.8) is 0 Å². The smallest absolute Gasteiger partial charge is 0.435 e. The quantitative estimate of drug-likeness (QED) is 0.0921. The standard InChI is InChI=1S/C31H33F3N10O2.CH2O2/c1-2-22-19-23(5-6-24(22)30(45)38-10-17-46-18-16-44(15-8-36)13-3-4-14-44)40-28-29-39-20-26(43(29)12-9-37-28)25-21-42(11-7-35)41-27(25)31(32,33)34;2-1-3/h5-6,9,12,19-21H,2-4,10-11,13-18H2,1H3,(H-,37,38,40,45);1H,(H,2,3). The third kappa shape index (κ3) is 8.89. The van der Waals surface area contributed by atoms with Gasteiger partial charge in [0.05, 0.1) is 49.8 Å². The molecule has 0 unspecified atom stereocenters. The highest BCUT2D eigenvalue weighted by molar-refractivity contribution is 5.96. The molecule has 4 heterocycles. The summed E-state index contributed by atoms with van der Waals surface area (Å²) in [6.45, 7) is 5.65. The number of alkyl halides is 3. The summed E-state index contributed by atoms with van der Waals surface area (Å²) in [6, 6.07) is 9.34. The van der Waals surface area contributed by atoms with Crippen molar-refractivity contribution >= 4 is 29.5 Å². The highest BCUT2D eigenvalue weighted by Crippen LogP contribution is 2.37. The molecule has 0 saturated carbocycles. The number of carboxylic acid groups (broad SMARTS) is 1. The number of likely N-dealkylation sites (tertiary alicyclic amines) is 1. The molecule has 1 aliphatic heterocycles. The van der Waals surface area contributed by atoms with Crippen LogP contribution in [0.3, 0.4) is 0 Å². The molecule has 0 aliphatic carbocycles. The molecule has 17 heteroatoms. The van der Waals surface area contributed by atoms with Crippen LogP contribution >= 0.6 is 0 Å². The Bertz CT molecular complexity index is 1840. The number of nitrogens with zero attached hydrogens (tertiary/aromatic N) is 8. The molecular weight excluding hydrogens is 645 g/mol. The number of fused-ring (bicyclic) bond motifs is 1. The van der Waals surface area contributed by atoms with Gasteiger partial charge in [-0.05, 0) is 30.2 Å². The monoisotopic (exact) mass is 680 g/mol. The Hall–Kier alpha value is -5.52. The van der Waals surface area contributed by atoms with Gasteiger partial charge in [0, 0.05) is 55.7 Å². The molecule has 1 amide bonds. The van der Waals surface area contributed by atoms with E-state index in [0.29, 0.717) is 49.8 Å². The molecule has 49 heavy (non-hydrogen) atoms. The van der Waals surface area contributed by atoms with E-state index in [4.69, 9.17) is 25.2 Å². The molecule has 5 rings (SSSR count). The number of halogens is 3. The summed E-state index contributed by atoms with van der Waals surface area (Å²) in [5.41, 5.74) is 1.03. The summed E-state index contributed by atoms with van der Waals surface area (Å²) in [5, 5.41) is 36.0. The van der Waals surface area contributed by atoms with Gasteiger partial charge in [0.2, 0.25) is 0 Å². The lowest BCUT2D eigenvalue weighted by Crippen LogP contribution is -2.47. The van der Waals surface area contributed by atoms with E-state index in [1.807, 2.05) is 13.0 Å². The number of rotatable bonds is 13. The largest absolute Gasteiger partial charge is 0.554 e. The van der Waals surface area contributed by atoms with E-state index in [1.54, 1.807) is 18.2 Å². The molecule has 0 spiro atoms. The minimum absolute atomic E-state index is 0.140. The maximum Gasteiger partial charge on any atom is 0.435 e. The number of nitrogens with one attached hydrogen (secondary N) is 2. The fourth-order valence-electron chi connectivity index (χ4n) is 5.81. The Morgan fingerprint density at radius 2 is 1.94 bits per heavy atom. The fraction of sp³-hybridized carbons (Fsp3) is 0.406. The third-order valence-electron chi connectivity index (χ3n) is 8.12. The maximum atomic E-state index is 13.8. The minimum Gasteiger partial charge on any atom is -0.554 e. The summed E-state index contributed by atoms with van der Waals surface area (Å²) in [6.07, 6.45) is 3.52. The Labute approximate surface area is 279 Å². The number of quaternary nitrogens is 1. The first kappa shape index (κ1) is 36.3. The van der Waals surface area contributed by atoms with Crippen LogP contribution < -0.4 is 15.7 Å². The molecule has 258 valence electrons. The van der Waals surface area contributed by atoms with Crippen molar-refractivity contribution in [1.82, 2.24) is 29.5 Å². The molecule has 14 nitrogen and oxygen atoms in total. The number of aromatic nitrogens is 5. The number of carbonyl (C=O) groups is 2. The van der Waals surface area contributed by atoms with Crippen molar-refractivity contribution in [3.05, 3.63) is 59.8 Å². The van der Waals surface area contributed by atoms with Gasteiger partial charge in [-0.1, -0.05) is 6.92 Å². The average Bonchev–Trinajstić information content (AvgIpc) is 3.82. The number of aryl methyl sites for hydroxylation is 1. The number of nitriles is 2. The molecule has 0 bridgehead atoms. The number of hydrogen-bond acceptors (Lipinski definition) is 10. The van der Waals surface area contributed by atoms with Crippen LogP contribution in [0.4, 0.5) is 24.7 Å². The number of anilines is 2. The van der Waals surface area contributed by atoms with Gasteiger partial charge in [-0.3, -0.25) is 13.9 Å². The first-order valence-corrected chi connectivity index (χ1v) is 15.5. The van der Waals surface area contributed by atoms with Gasteiger partial charge in [0.1, 0.15) is 19.2 Å². The number of carbonyl (C=O) groups excluding carboxylic acids is 2. The van der Waals surface area contributed by atoms with Crippen LogP contribution in [0.2, 0.25) is 0 Å². The molecule has 2 N–H and O–H groups in total. The van der Waals surface area contributed by atoms with Gasteiger partial charge in [-0.2, -0.15) is 28.8 Å². The molecule has 4 aromatic rings. The Kier molecular flexibility index (Phi) is 12.3. The second-order valence-electron chi connectivity index (χ2n) is 11.2. The number of ether oxygens (including phenoxy) is 1. The summed E-state index contributed by atoms with van der Waals surface area (Å²) < 4.78 is 50.3. The Morgan fingerprint density at radius 3 is 2.61 bits per heavy atom. The lowest BCUT2D eigenvalue weighted by Gasteiger charge is -2.31. The van der Waals surface area contributed by atoms with Crippen LogP contribution in [0.15, 0.2) is 43.0 Å². The van der Waals surface area contributed by atoms with Gasteiger partial charge in [-0.25, -0.2) is 9.97 Å². The van der Waals surface area contributed by atoms with E-state index in [-0.39, 0.29) is 29.4 Å². The molecular formula is C32H35F3N10O4. The van der Waals surface area contributed by atoms with E-state index in [2.05, 4.69) is 31.8 Å². The van der Waals surface area contributed by atoms with Crippen molar-refractivity contribution in [1.29, 1.82) is 10.5 Å². The molecule has 3 aromatic heterocycles. The lowest BCUT2D eigenvalue weighted by atomic mass is 10.0. The zero-order valence-corrected chi connectivity index (χ0v) is 26.7. The number of benzene rings is 1. The lowest BCUT2D eigenvalue weighted by molar-refractivity contribution is -0.910. The number of hydrogen-bond donors (Lipinski definition) is 2. The van der Waals surface area contributed by atoms with Gasteiger partial charge in [-0.15, -0.1) is 0 Å². The Balaban J connectivity index is 0.00000174. The topological polar surface area (TPSA) is 186 Å². The van der Waals surface area contributed by atoms with Gasteiger partial charge >= 0.3 is 6.18 Å². The highest BCUT2D eigenvalue weighted by atomic mass is 19.4. The van der Waals surface area contributed by atoms with Crippen LogP contribution in [-0.2, 0) is 28.7 Å². The van der Waals surface area contributed by atoms with Crippen LogP contribution in [0.5, 0.6) is 0 Å². The highest BCUT2D eigenvalue weighted by Gasteiger charge is 2.38. The number of amides is 1. The third-order valence-corrected chi connectivity index (χ3v) is 8.12. The normalized spacial score (nSPS) is 13.6. The van der Waals surface area contributed by atoms with E-state index >= 15 is 0 Å². The molecule has 1 saturated heterocycles. The maximum absolute atomic E-state index is 13.8. The van der Waals surface area contributed by atoms with Crippen molar-refractivity contribution < 1.29 is 37.1 Å². The first-order valence-electron chi connectivity index (χ1n) is 15.5. The molecule has 1 aliphatic rings. The van der Waals surface area contributed by atoms with Gasteiger partial charge < -0.3 is 29.8 Å². The van der Waals surface area contributed by atoms with Gasteiger partial charge in [0.25, 0.3) is 5.91 Å². The predicted octanol–water partition coefficient (Wildman–Crippen LogP) is 2.69. The zero-order chi connectivity index (χ0) is 35.4. The van der Waals surface area contributed by atoms with E-state index in [1.165, 1.54) is 29.2 Å². The van der Waals surface area contributed by atoms with Crippen molar-refractivity contribution in [2.24, 2.45) is 0 Å².